The van der Waals surface area contributed by atoms with Gasteiger partial charge in [-0.05, 0) is 43.9 Å². The first kappa shape index (κ1) is 14.0. The molecule has 2 aromatic rings. The maximum atomic E-state index is 4.57. The Hall–Kier alpha value is -1.42. The molecule has 19 heavy (non-hydrogen) atoms. The summed E-state index contributed by atoms with van der Waals surface area (Å²) in [6.45, 7) is 6.01. The first-order valence-corrected chi connectivity index (χ1v) is 7.92. The van der Waals surface area contributed by atoms with Crippen LogP contribution in [0.2, 0.25) is 0 Å². The van der Waals surface area contributed by atoms with E-state index in [0.717, 1.165) is 30.9 Å². The number of nitrogens with zero attached hydrogens (tertiary/aromatic N) is 2. The van der Waals surface area contributed by atoms with Crippen molar-refractivity contribution >= 4 is 17.4 Å². The Morgan fingerprint density at radius 3 is 2.79 bits per heavy atom. The fraction of sp³-hybridized carbons (Fsp3) is 0.400. The van der Waals surface area contributed by atoms with Crippen molar-refractivity contribution in [2.24, 2.45) is 0 Å². The van der Waals surface area contributed by atoms with Crippen molar-refractivity contribution in [2.75, 3.05) is 11.6 Å². The van der Waals surface area contributed by atoms with Gasteiger partial charge in [-0.3, -0.25) is 4.68 Å². The monoisotopic (exact) mass is 275 g/mol. The number of hydrogen-bond donors (Lipinski definition) is 1. The standard InChI is InChI=1S/C15H21N3S/c1-4-12-9-14(18(5-2)17-12)11-16-13-7-6-8-15(10-13)19-3/h6-10,16H,4-5,11H2,1-3H3. The maximum Gasteiger partial charge on any atom is 0.0625 e. The summed E-state index contributed by atoms with van der Waals surface area (Å²) in [6.07, 6.45) is 3.08. The van der Waals surface area contributed by atoms with Crippen LogP contribution in [0, 0.1) is 0 Å². The van der Waals surface area contributed by atoms with Crippen LogP contribution < -0.4 is 5.32 Å². The summed E-state index contributed by atoms with van der Waals surface area (Å²) in [5, 5.41) is 8.04. The molecule has 0 atom stereocenters. The highest BCUT2D eigenvalue weighted by Gasteiger charge is 2.05. The van der Waals surface area contributed by atoms with Crippen molar-refractivity contribution in [1.29, 1.82) is 0 Å². The largest absolute Gasteiger partial charge is 0.379 e. The van der Waals surface area contributed by atoms with Crippen molar-refractivity contribution < 1.29 is 0 Å². The van der Waals surface area contributed by atoms with E-state index >= 15 is 0 Å². The van der Waals surface area contributed by atoms with Gasteiger partial charge in [-0.15, -0.1) is 11.8 Å². The molecule has 0 unspecified atom stereocenters. The minimum absolute atomic E-state index is 0.818. The number of nitrogens with one attached hydrogen (secondary N) is 1. The summed E-state index contributed by atoms with van der Waals surface area (Å²) < 4.78 is 2.07. The van der Waals surface area contributed by atoms with Gasteiger partial charge in [0.2, 0.25) is 0 Å². The zero-order valence-electron chi connectivity index (χ0n) is 11.8. The van der Waals surface area contributed by atoms with Gasteiger partial charge in [-0.25, -0.2) is 0 Å². The molecule has 0 aliphatic carbocycles. The second-order valence-electron chi connectivity index (χ2n) is 4.38. The first-order chi connectivity index (χ1) is 9.26. The van der Waals surface area contributed by atoms with E-state index in [-0.39, 0.29) is 0 Å². The Bertz CT molecular complexity index is 534. The second kappa shape index (κ2) is 6.66. The Labute approximate surface area is 119 Å². The third-order valence-corrected chi connectivity index (χ3v) is 3.84. The molecular weight excluding hydrogens is 254 g/mol. The zero-order chi connectivity index (χ0) is 13.7. The van der Waals surface area contributed by atoms with Crippen molar-refractivity contribution in [1.82, 2.24) is 9.78 Å². The molecule has 0 radical (unpaired) electrons. The maximum absolute atomic E-state index is 4.57. The molecule has 0 saturated carbocycles. The minimum Gasteiger partial charge on any atom is -0.379 e. The van der Waals surface area contributed by atoms with Gasteiger partial charge < -0.3 is 5.32 Å². The summed E-state index contributed by atoms with van der Waals surface area (Å²) in [7, 11) is 0. The molecule has 0 amide bonds. The second-order valence-corrected chi connectivity index (χ2v) is 5.26. The van der Waals surface area contributed by atoms with E-state index in [1.807, 2.05) is 0 Å². The molecule has 0 spiro atoms. The van der Waals surface area contributed by atoms with Crippen LogP contribution in [0.15, 0.2) is 35.2 Å². The number of benzene rings is 1. The van der Waals surface area contributed by atoms with Gasteiger partial charge in [0.25, 0.3) is 0 Å². The van der Waals surface area contributed by atoms with E-state index < -0.39 is 0 Å². The highest BCUT2D eigenvalue weighted by atomic mass is 32.2. The number of aryl methyl sites for hydroxylation is 2. The van der Waals surface area contributed by atoms with Crippen LogP contribution >= 0.6 is 11.8 Å². The lowest BCUT2D eigenvalue weighted by Crippen LogP contribution is -2.07. The molecule has 1 aromatic heterocycles. The number of thioether (sulfide) groups is 1. The summed E-state index contributed by atoms with van der Waals surface area (Å²) >= 11 is 1.76. The summed E-state index contributed by atoms with van der Waals surface area (Å²) in [5.74, 6) is 0. The van der Waals surface area contributed by atoms with E-state index in [0.29, 0.717) is 0 Å². The van der Waals surface area contributed by atoms with Crippen molar-refractivity contribution in [3.8, 4) is 0 Å². The Morgan fingerprint density at radius 1 is 1.26 bits per heavy atom. The van der Waals surface area contributed by atoms with Gasteiger partial charge in [0, 0.05) is 17.1 Å². The Kier molecular flexibility index (Phi) is 4.91. The van der Waals surface area contributed by atoms with Crippen LogP contribution in [0.5, 0.6) is 0 Å². The lowest BCUT2D eigenvalue weighted by atomic mass is 10.3. The molecule has 0 aliphatic heterocycles. The van der Waals surface area contributed by atoms with Gasteiger partial charge in [0.1, 0.15) is 0 Å². The van der Waals surface area contributed by atoms with E-state index in [1.165, 1.54) is 10.6 Å². The molecule has 1 aromatic carbocycles. The molecule has 4 heteroatoms. The molecule has 2 rings (SSSR count). The van der Waals surface area contributed by atoms with Crippen LogP contribution in [0.3, 0.4) is 0 Å². The quantitative estimate of drug-likeness (QED) is 0.813. The highest BCUT2D eigenvalue weighted by Crippen LogP contribution is 2.19. The van der Waals surface area contributed by atoms with Crippen LogP contribution in [0.4, 0.5) is 5.69 Å². The van der Waals surface area contributed by atoms with Crippen LogP contribution in [0.25, 0.3) is 0 Å². The molecule has 1 N–H and O–H groups in total. The number of rotatable bonds is 6. The molecule has 0 saturated heterocycles. The summed E-state index contributed by atoms with van der Waals surface area (Å²) in [6, 6.07) is 10.7. The fourth-order valence-electron chi connectivity index (χ4n) is 2.03. The van der Waals surface area contributed by atoms with E-state index in [9.17, 15) is 0 Å². The topological polar surface area (TPSA) is 29.9 Å². The minimum atomic E-state index is 0.818. The average Bonchev–Trinajstić information content (AvgIpc) is 2.87. The predicted molar refractivity (Wildman–Crippen MR) is 82.8 cm³/mol. The molecule has 0 aliphatic rings. The Balaban J connectivity index is 2.07. The third kappa shape index (κ3) is 3.53. The van der Waals surface area contributed by atoms with Gasteiger partial charge in [0.15, 0.2) is 0 Å². The van der Waals surface area contributed by atoms with Gasteiger partial charge >= 0.3 is 0 Å². The van der Waals surface area contributed by atoms with Gasteiger partial charge in [0.05, 0.1) is 17.9 Å². The lowest BCUT2D eigenvalue weighted by Gasteiger charge is -2.08. The molecular formula is C15H21N3S. The fourth-order valence-corrected chi connectivity index (χ4v) is 2.49. The SMILES string of the molecule is CCc1cc(CNc2cccc(SC)c2)n(CC)n1. The number of anilines is 1. The summed E-state index contributed by atoms with van der Waals surface area (Å²) in [4.78, 5) is 1.28. The van der Waals surface area contributed by atoms with Crippen LogP contribution in [-0.2, 0) is 19.5 Å². The van der Waals surface area contributed by atoms with Gasteiger partial charge in [-0.1, -0.05) is 13.0 Å². The molecule has 3 nitrogen and oxygen atoms in total. The normalized spacial score (nSPS) is 10.7. The predicted octanol–water partition coefficient (Wildman–Crippen LogP) is 3.80. The van der Waals surface area contributed by atoms with E-state index in [4.69, 9.17) is 0 Å². The molecule has 1 heterocycles. The third-order valence-electron chi connectivity index (χ3n) is 3.12. The van der Waals surface area contributed by atoms with E-state index in [1.54, 1.807) is 11.8 Å². The molecule has 102 valence electrons. The number of hydrogen-bond acceptors (Lipinski definition) is 3. The summed E-state index contributed by atoms with van der Waals surface area (Å²) in [5.41, 5.74) is 3.57. The lowest BCUT2D eigenvalue weighted by molar-refractivity contribution is 0.619. The van der Waals surface area contributed by atoms with Crippen LogP contribution in [0.1, 0.15) is 25.2 Å². The Morgan fingerprint density at radius 2 is 2.11 bits per heavy atom. The van der Waals surface area contributed by atoms with Crippen molar-refractivity contribution in [2.45, 2.75) is 38.3 Å². The van der Waals surface area contributed by atoms with Gasteiger partial charge in [-0.2, -0.15) is 5.10 Å². The first-order valence-electron chi connectivity index (χ1n) is 6.70. The highest BCUT2D eigenvalue weighted by molar-refractivity contribution is 7.98. The molecule has 0 fully saturated rings. The number of aromatic nitrogens is 2. The van der Waals surface area contributed by atoms with Crippen molar-refractivity contribution in [3.05, 3.63) is 41.7 Å². The zero-order valence-corrected chi connectivity index (χ0v) is 12.6. The smallest absolute Gasteiger partial charge is 0.0625 e. The van der Waals surface area contributed by atoms with Crippen LogP contribution in [-0.4, -0.2) is 16.0 Å². The van der Waals surface area contributed by atoms with E-state index in [2.05, 4.69) is 65.5 Å². The average molecular weight is 275 g/mol. The van der Waals surface area contributed by atoms with Crippen molar-refractivity contribution in [3.63, 3.8) is 0 Å². The molecule has 0 bridgehead atoms.